The fourth-order valence-corrected chi connectivity index (χ4v) is 2.55. The summed E-state index contributed by atoms with van der Waals surface area (Å²) in [5.74, 6) is 0.253. The van der Waals surface area contributed by atoms with E-state index < -0.39 is 4.92 Å². The van der Waals surface area contributed by atoms with Crippen LogP contribution in [0.1, 0.15) is 25.1 Å². The van der Waals surface area contributed by atoms with Crippen LogP contribution in [-0.4, -0.2) is 14.7 Å². The number of hydrogen-bond donors (Lipinski definition) is 0. The van der Waals surface area contributed by atoms with Crippen molar-refractivity contribution >= 4 is 28.9 Å². The lowest BCUT2D eigenvalue weighted by Crippen LogP contribution is -2.04. The summed E-state index contributed by atoms with van der Waals surface area (Å²) < 4.78 is 1.43. The van der Waals surface area contributed by atoms with Crippen LogP contribution in [0.3, 0.4) is 0 Å². The van der Waals surface area contributed by atoms with E-state index in [0.29, 0.717) is 23.7 Å². The maximum atomic E-state index is 11.2. The molecule has 0 N–H and O–H groups in total. The molecule has 112 valence electrons. The second-order valence-electron chi connectivity index (χ2n) is 5.19. The van der Waals surface area contributed by atoms with Gasteiger partial charge in [0.2, 0.25) is 5.15 Å². The van der Waals surface area contributed by atoms with Gasteiger partial charge in [-0.25, -0.2) is 4.68 Å². The van der Waals surface area contributed by atoms with E-state index in [1.54, 1.807) is 6.07 Å². The molecule has 0 aliphatic carbocycles. The highest BCUT2D eigenvalue weighted by molar-refractivity contribution is 6.32. The van der Waals surface area contributed by atoms with Crippen LogP contribution in [0.5, 0.6) is 0 Å². The Balaban J connectivity index is 2.41. The van der Waals surface area contributed by atoms with E-state index in [2.05, 4.69) is 5.10 Å². The van der Waals surface area contributed by atoms with E-state index in [1.807, 2.05) is 32.0 Å². The van der Waals surface area contributed by atoms with Gasteiger partial charge in [-0.15, -0.1) is 0 Å². The lowest BCUT2D eigenvalue weighted by Gasteiger charge is -2.04. The molecule has 7 heteroatoms. The molecular formula is C14H15Cl2N3O2. The Morgan fingerprint density at radius 2 is 2.00 bits per heavy atom. The van der Waals surface area contributed by atoms with Gasteiger partial charge in [0.1, 0.15) is 5.69 Å². The third-order valence-corrected chi connectivity index (χ3v) is 3.74. The third-order valence-electron chi connectivity index (χ3n) is 3.00. The van der Waals surface area contributed by atoms with Gasteiger partial charge >= 0.3 is 5.69 Å². The zero-order chi connectivity index (χ0) is 15.6. The van der Waals surface area contributed by atoms with Crippen LogP contribution in [0.15, 0.2) is 24.3 Å². The van der Waals surface area contributed by atoms with Crippen molar-refractivity contribution in [2.45, 2.75) is 26.8 Å². The SMILES string of the molecule is CC(C)Cc1nn(Cc2ccccc2Cl)c(Cl)c1[N+](=O)[O-]. The maximum absolute atomic E-state index is 11.2. The molecule has 2 rings (SSSR count). The zero-order valence-corrected chi connectivity index (χ0v) is 13.2. The first kappa shape index (κ1) is 15.8. The molecule has 0 radical (unpaired) electrons. The van der Waals surface area contributed by atoms with Crippen LogP contribution in [0.4, 0.5) is 5.69 Å². The van der Waals surface area contributed by atoms with E-state index in [0.717, 1.165) is 5.56 Å². The largest absolute Gasteiger partial charge is 0.329 e. The summed E-state index contributed by atoms with van der Waals surface area (Å²) in [4.78, 5) is 10.7. The summed E-state index contributed by atoms with van der Waals surface area (Å²) in [7, 11) is 0. The van der Waals surface area contributed by atoms with Crippen molar-refractivity contribution in [3.8, 4) is 0 Å². The Kier molecular flexibility index (Phi) is 4.85. The van der Waals surface area contributed by atoms with E-state index in [9.17, 15) is 10.1 Å². The zero-order valence-electron chi connectivity index (χ0n) is 11.7. The monoisotopic (exact) mass is 327 g/mol. The van der Waals surface area contributed by atoms with Crippen molar-refractivity contribution in [3.05, 3.63) is 55.8 Å². The van der Waals surface area contributed by atoms with Gasteiger partial charge in [0.15, 0.2) is 0 Å². The number of nitro groups is 1. The molecule has 21 heavy (non-hydrogen) atoms. The van der Waals surface area contributed by atoms with Crippen molar-refractivity contribution in [2.24, 2.45) is 5.92 Å². The summed E-state index contributed by atoms with van der Waals surface area (Å²) in [5, 5.41) is 16.1. The fourth-order valence-electron chi connectivity index (χ4n) is 2.08. The molecule has 0 bridgehead atoms. The van der Waals surface area contributed by atoms with E-state index >= 15 is 0 Å². The van der Waals surface area contributed by atoms with Gasteiger partial charge in [-0.1, -0.05) is 55.2 Å². The standard InChI is InChI=1S/C14H15Cl2N3O2/c1-9(2)7-12-13(19(20)21)14(16)18(17-12)8-10-5-3-4-6-11(10)15/h3-6,9H,7-8H2,1-2H3. The first-order valence-corrected chi connectivity index (χ1v) is 7.28. The quantitative estimate of drug-likeness (QED) is 0.606. The minimum Gasteiger partial charge on any atom is -0.258 e. The van der Waals surface area contributed by atoms with Gasteiger partial charge in [-0.3, -0.25) is 10.1 Å². The Morgan fingerprint density at radius 1 is 1.33 bits per heavy atom. The second kappa shape index (κ2) is 6.45. The highest BCUT2D eigenvalue weighted by atomic mass is 35.5. The molecule has 0 amide bonds. The van der Waals surface area contributed by atoms with Gasteiger partial charge < -0.3 is 0 Å². The molecule has 0 atom stereocenters. The average Bonchev–Trinajstić information content (AvgIpc) is 2.68. The molecule has 0 unspecified atom stereocenters. The Hall–Kier alpha value is -1.59. The van der Waals surface area contributed by atoms with Gasteiger partial charge in [0.25, 0.3) is 0 Å². The highest BCUT2D eigenvalue weighted by Crippen LogP contribution is 2.31. The number of rotatable bonds is 5. The molecule has 0 saturated carbocycles. The minimum absolute atomic E-state index is 0.0376. The molecule has 0 saturated heterocycles. The lowest BCUT2D eigenvalue weighted by molar-refractivity contribution is -0.385. The molecule has 0 fully saturated rings. The summed E-state index contributed by atoms with van der Waals surface area (Å²) in [6.07, 6.45) is 0.506. The average molecular weight is 328 g/mol. The number of nitrogens with zero attached hydrogens (tertiary/aromatic N) is 3. The lowest BCUT2D eigenvalue weighted by atomic mass is 10.1. The molecule has 0 aliphatic rings. The van der Waals surface area contributed by atoms with Gasteiger partial charge in [0.05, 0.1) is 11.5 Å². The number of aromatic nitrogens is 2. The molecule has 1 aromatic heterocycles. The highest BCUT2D eigenvalue weighted by Gasteiger charge is 2.27. The van der Waals surface area contributed by atoms with Crippen molar-refractivity contribution < 1.29 is 4.92 Å². The number of halogens is 2. The Labute approximate surface area is 132 Å². The molecule has 1 aromatic carbocycles. The minimum atomic E-state index is -0.476. The van der Waals surface area contributed by atoms with Crippen LogP contribution in [0, 0.1) is 16.0 Å². The predicted octanol–water partition coefficient (Wildman–Crippen LogP) is 4.34. The van der Waals surface area contributed by atoms with Crippen LogP contribution in [0.25, 0.3) is 0 Å². The van der Waals surface area contributed by atoms with Crippen molar-refractivity contribution in [1.82, 2.24) is 9.78 Å². The van der Waals surface area contributed by atoms with Crippen LogP contribution < -0.4 is 0 Å². The smallest absolute Gasteiger partial charge is 0.258 e. The van der Waals surface area contributed by atoms with Crippen LogP contribution in [0.2, 0.25) is 10.2 Å². The Bertz CT molecular complexity index is 668. The normalized spacial score (nSPS) is 11.1. The molecule has 2 aromatic rings. The van der Waals surface area contributed by atoms with Crippen molar-refractivity contribution in [1.29, 1.82) is 0 Å². The molecular weight excluding hydrogens is 313 g/mol. The molecule has 5 nitrogen and oxygen atoms in total. The molecule has 1 heterocycles. The summed E-state index contributed by atoms with van der Waals surface area (Å²) in [5.41, 5.74) is 1.11. The summed E-state index contributed by atoms with van der Waals surface area (Å²) in [6.45, 7) is 4.26. The maximum Gasteiger partial charge on any atom is 0.329 e. The Morgan fingerprint density at radius 3 is 2.57 bits per heavy atom. The van der Waals surface area contributed by atoms with Gasteiger partial charge in [0, 0.05) is 11.4 Å². The second-order valence-corrected chi connectivity index (χ2v) is 5.96. The van der Waals surface area contributed by atoms with Gasteiger partial charge in [-0.2, -0.15) is 5.10 Å². The molecule has 0 aliphatic heterocycles. The number of benzene rings is 1. The van der Waals surface area contributed by atoms with E-state index in [1.165, 1.54) is 4.68 Å². The van der Waals surface area contributed by atoms with Crippen molar-refractivity contribution in [3.63, 3.8) is 0 Å². The van der Waals surface area contributed by atoms with Crippen LogP contribution >= 0.6 is 23.2 Å². The third kappa shape index (κ3) is 3.54. The first-order chi connectivity index (χ1) is 9.90. The first-order valence-electron chi connectivity index (χ1n) is 6.53. The van der Waals surface area contributed by atoms with Crippen molar-refractivity contribution in [2.75, 3.05) is 0 Å². The topological polar surface area (TPSA) is 61.0 Å². The van der Waals surface area contributed by atoms with Crippen LogP contribution in [-0.2, 0) is 13.0 Å². The fraction of sp³-hybridized carbons (Fsp3) is 0.357. The van der Waals surface area contributed by atoms with E-state index in [-0.39, 0.29) is 16.8 Å². The predicted molar refractivity (Wildman–Crippen MR) is 83.0 cm³/mol. The summed E-state index contributed by atoms with van der Waals surface area (Å²) >= 11 is 12.2. The summed E-state index contributed by atoms with van der Waals surface area (Å²) in [6, 6.07) is 7.28. The molecule has 0 spiro atoms. The van der Waals surface area contributed by atoms with Gasteiger partial charge in [-0.05, 0) is 17.5 Å². The number of hydrogen-bond acceptors (Lipinski definition) is 3. The van der Waals surface area contributed by atoms with E-state index in [4.69, 9.17) is 23.2 Å².